The molecule has 7 nitrogen and oxygen atoms in total. The zero-order chi connectivity index (χ0) is 17.6. The Morgan fingerprint density at radius 3 is 2.44 bits per heavy atom. The third-order valence-electron chi connectivity index (χ3n) is 3.81. The quantitative estimate of drug-likeness (QED) is 0.666. The van der Waals surface area contributed by atoms with Crippen molar-refractivity contribution in [2.75, 3.05) is 13.2 Å². The highest BCUT2D eigenvalue weighted by Gasteiger charge is 2.11. The number of nitro benzene ring substituents is 1. The number of nitrogens with one attached hydrogen (secondary N) is 1. The minimum atomic E-state index is -0.464. The number of carbonyl (C=O) groups is 1. The van der Waals surface area contributed by atoms with Crippen molar-refractivity contribution in [1.29, 1.82) is 0 Å². The number of ether oxygens (including phenoxy) is 2. The largest absolute Gasteiger partial charge is 0.490 e. The molecule has 1 aliphatic heterocycles. The Balaban J connectivity index is 1.55. The van der Waals surface area contributed by atoms with E-state index < -0.39 is 4.92 Å². The highest BCUT2D eigenvalue weighted by atomic mass is 16.6. The van der Waals surface area contributed by atoms with Crippen LogP contribution in [0.4, 0.5) is 5.69 Å². The number of rotatable bonds is 5. The van der Waals surface area contributed by atoms with E-state index in [1.807, 2.05) is 18.2 Å². The first-order chi connectivity index (χ1) is 12.1. The fourth-order valence-corrected chi connectivity index (χ4v) is 2.50. The Morgan fingerprint density at radius 1 is 1.04 bits per heavy atom. The minimum absolute atomic E-state index is 0.0105. The first kappa shape index (κ1) is 16.8. The number of hydrogen-bond donors (Lipinski definition) is 1. The number of hydrogen-bond acceptors (Lipinski definition) is 5. The van der Waals surface area contributed by atoms with Gasteiger partial charge in [-0.2, -0.15) is 0 Å². The molecule has 0 aliphatic carbocycles. The minimum Gasteiger partial charge on any atom is -0.490 e. The fourth-order valence-electron chi connectivity index (χ4n) is 2.50. The molecule has 1 amide bonds. The predicted molar refractivity (Wildman–Crippen MR) is 90.7 cm³/mol. The van der Waals surface area contributed by atoms with E-state index in [1.54, 1.807) is 12.1 Å². The number of benzene rings is 2. The molecule has 1 N–H and O–H groups in total. The van der Waals surface area contributed by atoms with Gasteiger partial charge in [0.15, 0.2) is 11.5 Å². The molecule has 0 unspecified atom stereocenters. The molecular weight excluding hydrogens is 324 g/mol. The van der Waals surface area contributed by atoms with Crippen molar-refractivity contribution in [3.63, 3.8) is 0 Å². The molecule has 7 heteroatoms. The van der Waals surface area contributed by atoms with Crippen LogP contribution in [0.3, 0.4) is 0 Å². The second-order valence-corrected chi connectivity index (χ2v) is 5.71. The van der Waals surface area contributed by atoms with Crippen molar-refractivity contribution in [3.8, 4) is 11.5 Å². The van der Waals surface area contributed by atoms with E-state index in [2.05, 4.69) is 5.32 Å². The first-order valence-corrected chi connectivity index (χ1v) is 8.00. The second kappa shape index (κ2) is 7.65. The predicted octanol–water partition coefficient (Wildman–Crippen LogP) is 2.62. The molecule has 1 heterocycles. The summed E-state index contributed by atoms with van der Waals surface area (Å²) >= 11 is 0. The summed E-state index contributed by atoms with van der Waals surface area (Å²) in [4.78, 5) is 22.2. The summed E-state index contributed by atoms with van der Waals surface area (Å²) in [6.45, 7) is 1.63. The van der Waals surface area contributed by atoms with Gasteiger partial charge in [0.05, 0.1) is 24.6 Å². The molecule has 0 spiro atoms. The number of nitro groups is 1. The monoisotopic (exact) mass is 342 g/mol. The molecule has 0 saturated carbocycles. The lowest BCUT2D eigenvalue weighted by Crippen LogP contribution is -2.24. The van der Waals surface area contributed by atoms with Crippen LogP contribution < -0.4 is 14.8 Å². The highest BCUT2D eigenvalue weighted by Crippen LogP contribution is 2.30. The van der Waals surface area contributed by atoms with Gasteiger partial charge >= 0.3 is 0 Å². The Hall–Kier alpha value is -3.09. The van der Waals surface area contributed by atoms with Crippen LogP contribution in [0.15, 0.2) is 42.5 Å². The van der Waals surface area contributed by atoms with Crippen molar-refractivity contribution < 1.29 is 19.2 Å². The van der Waals surface area contributed by atoms with Crippen LogP contribution in [0.25, 0.3) is 0 Å². The molecule has 25 heavy (non-hydrogen) atoms. The zero-order valence-corrected chi connectivity index (χ0v) is 13.6. The maximum atomic E-state index is 12.0. The van der Waals surface area contributed by atoms with Crippen molar-refractivity contribution >= 4 is 11.6 Å². The van der Waals surface area contributed by atoms with Crippen LogP contribution in [-0.2, 0) is 17.8 Å². The maximum Gasteiger partial charge on any atom is 0.269 e. The van der Waals surface area contributed by atoms with Crippen molar-refractivity contribution in [3.05, 3.63) is 63.7 Å². The average molecular weight is 342 g/mol. The summed E-state index contributed by atoms with van der Waals surface area (Å²) in [7, 11) is 0. The lowest BCUT2D eigenvalue weighted by atomic mass is 10.1. The number of non-ortho nitro benzene ring substituents is 1. The van der Waals surface area contributed by atoms with Gasteiger partial charge in [-0.05, 0) is 23.3 Å². The standard InChI is InChI=1S/C18H18N2O5/c21-18(11-13-2-5-15(6-3-13)20(22)23)19-12-14-4-7-16-17(10-14)25-9-1-8-24-16/h2-7,10H,1,8-9,11-12H2,(H,19,21). The number of fused-ring (bicyclic) bond motifs is 1. The average Bonchev–Trinajstić information content (AvgIpc) is 2.85. The van der Waals surface area contributed by atoms with Gasteiger partial charge in [-0.15, -0.1) is 0 Å². The van der Waals surface area contributed by atoms with Gasteiger partial charge < -0.3 is 14.8 Å². The molecule has 0 saturated heterocycles. The summed E-state index contributed by atoms with van der Waals surface area (Å²) < 4.78 is 11.2. The van der Waals surface area contributed by atoms with Crippen molar-refractivity contribution in [2.45, 2.75) is 19.4 Å². The van der Waals surface area contributed by atoms with E-state index in [9.17, 15) is 14.9 Å². The molecule has 1 aliphatic rings. The molecule has 0 fully saturated rings. The maximum absolute atomic E-state index is 12.0. The van der Waals surface area contributed by atoms with E-state index in [0.717, 1.165) is 23.3 Å². The summed E-state index contributed by atoms with van der Waals surface area (Å²) in [5.74, 6) is 1.26. The van der Waals surface area contributed by atoms with Crippen molar-refractivity contribution in [2.24, 2.45) is 0 Å². The van der Waals surface area contributed by atoms with Crippen LogP contribution >= 0.6 is 0 Å². The Labute approximate surface area is 144 Å². The van der Waals surface area contributed by atoms with Crippen LogP contribution in [0.2, 0.25) is 0 Å². The summed E-state index contributed by atoms with van der Waals surface area (Å²) in [6, 6.07) is 11.6. The van der Waals surface area contributed by atoms with Crippen LogP contribution in [0, 0.1) is 10.1 Å². The third-order valence-corrected chi connectivity index (χ3v) is 3.81. The van der Waals surface area contributed by atoms with Gasteiger partial charge in [-0.1, -0.05) is 18.2 Å². The van der Waals surface area contributed by atoms with Gasteiger partial charge in [-0.3, -0.25) is 14.9 Å². The first-order valence-electron chi connectivity index (χ1n) is 8.00. The van der Waals surface area contributed by atoms with Gasteiger partial charge in [-0.25, -0.2) is 0 Å². The summed E-state index contributed by atoms with van der Waals surface area (Å²) in [6.07, 6.45) is 1.01. The number of amides is 1. The van der Waals surface area contributed by atoms with E-state index in [1.165, 1.54) is 12.1 Å². The smallest absolute Gasteiger partial charge is 0.269 e. The molecule has 0 radical (unpaired) electrons. The van der Waals surface area contributed by atoms with Crippen molar-refractivity contribution in [1.82, 2.24) is 5.32 Å². The third kappa shape index (κ3) is 4.47. The number of carbonyl (C=O) groups excluding carboxylic acids is 1. The lowest BCUT2D eigenvalue weighted by Gasteiger charge is -2.10. The van der Waals surface area contributed by atoms with Crippen LogP contribution in [-0.4, -0.2) is 24.0 Å². The zero-order valence-electron chi connectivity index (χ0n) is 13.6. The van der Waals surface area contributed by atoms with Crippen LogP contribution in [0.5, 0.6) is 11.5 Å². The molecule has 3 rings (SSSR count). The van der Waals surface area contributed by atoms with E-state index in [0.29, 0.717) is 25.5 Å². The normalized spacial score (nSPS) is 13.0. The fraction of sp³-hybridized carbons (Fsp3) is 0.278. The molecule has 130 valence electrons. The SMILES string of the molecule is O=C(Cc1ccc([N+](=O)[O-])cc1)NCc1ccc2c(c1)OCCCO2. The molecule has 0 bridgehead atoms. The van der Waals surface area contributed by atoms with Gasteiger partial charge in [0.25, 0.3) is 5.69 Å². The molecule has 2 aromatic carbocycles. The van der Waals surface area contributed by atoms with E-state index in [-0.39, 0.29) is 18.0 Å². The summed E-state index contributed by atoms with van der Waals surface area (Å²) in [5.41, 5.74) is 1.65. The molecular formula is C18H18N2O5. The van der Waals surface area contributed by atoms with Gasteiger partial charge in [0, 0.05) is 25.1 Å². The Bertz CT molecular complexity index is 774. The van der Waals surface area contributed by atoms with E-state index in [4.69, 9.17) is 9.47 Å². The molecule has 0 aromatic heterocycles. The summed E-state index contributed by atoms with van der Waals surface area (Å²) in [5, 5.41) is 13.5. The van der Waals surface area contributed by atoms with Gasteiger partial charge in [0.1, 0.15) is 0 Å². The van der Waals surface area contributed by atoms with Gasteiger partial charge in [0.2, 0.25) is 5.91 Å². The highest BCUT2D eigenvalue weighted by molar-refractivity contribution is 5.78. The molecule has 2 aromatic rings. The number of nitrogens with zero attached hydrogens (tertiary/aromatic N) is 1. The van der Waals surface area contributed by atoms with E-state index >= 15 is 0 Å². The van der Waals surface area contributed by atoms with Crippen LogP contribution in [0.1, 0.15) is 17.5 Å². The molecule has 0 atom stereocenters. The topological polar surface area (TPSA) is 90.7 Å². The Kier molecular flexibility index (Phi) is 5.13. The second-order valence-electron chi connectivity index (χ2n) is 5.71. The Morgan fingerprint density at radius 2 is 1.72 bits per heavy atom. The lowest BCUT2D eigenvalue weighted by molar-refractivity contribution is -0.384.